The molecule has 108 valence electrons. The largest absolute Gasteiger partial charge is 0.382 e. The molecule has 8 heteroatoms. The third-order valence-corrected chi connectivity index (χ3v) is 4.66. The van der Waals surface area contributed by atoms with Crippen LogP contribution in [0.5, 0.6) is 0 Å². The minimum absolute atomic E-state index is 0.132. The van der Waals surface area contributed by atoms with E-state index in [9.17, 15) is 12.8 Å². The normalized spacial score (nSPS) is 13.2. The van der Waals surface area contributed by atoms with Gasteiger partial charge in [-0.3, -0.25) is 0 Å². The van der Waals surface area contributed by atoms with Gasteiger partial charge < -0.3 is 5.32 Å². The Hall–Kier alpha value is -1.51. The first-order chi connectivity index (χ1) is 9.38. The molecule has 1 unspecified atom stereocenters. The zero-order valence-electron chi connectivity index (χ0n) is 10.7. The van der Waals surface area contributed by atoms with Crippen molar-refractivity contribution >= 4 is 27.0 Å². The maximum atomic E-state index is 13.8. The van der Waals surface area contributed by atoms with Crippen molar-refractivity contribution in [1.29, 1.82) is 0 Å². The van der Waals surface area contributed by atoms with Crippen LogP contribution in [0.1, 0.15) is 17.8 Å². The number of rotatable bonds is 5. The summed E-state index contributed by atoms with van der Waals surface area (Å²) in [6.07, 6.45) is 1.72. The molecule has 2 rings (SSSR count). The summed E-state index contributed by atoms with van der Waals surface area (Å²) in [6, 6.07) is 3.55. The molecule has 1 aromatic heterocycles. The lowest BCUT2D eigenvalue weighted by molar-refractivity contribution is 0.592. The lowest BCUT2D eigenvalue weighted by atomic mass is 10.2. The average Bonchev–Trinajstić information content (AvgIpc) is 2.89. The molecular weight excluding hydrogens is 301 g/mol. The van der Waals surface area contributed by atoms with Crippen LogP contribution < -0.4 is 10.5 Å². The summed E-state index contributed by atoms with van der Waals surface area (Å²) >= 11 is 1.54. The van der Waals surface area contributed by atoms with E-state index in [1.807, 2.05) is 12.3 Å². The molecule has 1 heterocycles. The number of thiazole rings is 1. The van der Waals surface area contributed by atoms with Gasteiger partial charge in [0.2, 0.25) is 10.0 Å². The van der Waals surface area contributed by atoms with Crippen LogP contribution in [0.15, 0.2) is 34.7 Å². The molecule has 0 aliphatic rings. The monoisotopic (exact) mass is 315 g/mol. The second kappa shape index (κ2) is 5.86. The van der Waals surface area contributed by atoms with Crippen molar-refractivity contribution in [2.24, 2.45) is 5.14 Å². The molecule has 1 aromatic carbocycles. The third kappa shape index (κ3) is 3.53. The highest BCUT2D eigenvalue weighted by Gasteiger charge is 2.13. The number of sulfonamides is 1. The topological polar surface area (TPSA) is 85.1 Å². The van der Waals surface area contributed by atoms with Gasteiger partial charge in [0.25, 0.3) is 0 Å². The van der Waals surface area contributed by atoms with Gasteiger partial charge in [-0.15, -0.1) is 11.3 Å². The van der Waals surface area contributed by atoms with Crippen LogP contribution in [0.4, 0.5) is 10.1 Å². The zero-order chi connectivity index (χ0) is 14.8. The first-order valence-corrected chi connectivity index (χ1v) is 8.26. The summed E-state index contributed by atoms with van der Waals surface area (Å²) < 4.78 is 36.0. The fraction of sp³-hybridized carbons (Fsp3) is 0.250. The molecule has 0 radical (unpaired) electrons. The van der Waals surface area contributed by atoms with Crippen LogP contribution >= 0.6 is 11.3 Å². The van der Waals surface area contributed by atoms with Crippen LogP contribution in [-0.2, 0) is 10.0 Å². The minimum atomic E-state index is -3.88. The predicted octanol–water partition coefficient (Wildman–Crippen LogP) is 2.15. The van der Waals surface area contributed by atoms with Crippen LogP contribution in [0.25, 0.3) is 0 Å². The van der Waals surface area contributed by atoms with Crippen molar-refractivity contribution in [2.75, 3.05) is 11.9 Å². The number of hydrogen-bond acceptors (Lipinski definition) is 5. The number of aromatic nitrogens is 1. The highest BCUT2D eigenvalue weighted by atomic mass is 32.2. The number of halogens is 1. The second-order valence-electron chi connectivity index (χ2n) is 4.34. The Balaban J connectivity index is 2.07. The van der Waals surface area contributed by atoms with Gasteiger partial charge in [0.1, 0.15) is 5.82 Å². The average molecular weight is 315 g/mol. The van der Waals surface area contributed by atoms with Gasteiger partial charge in [0.15, 0.2) is 0 Å². The highest BCUT2D eigenvalue weighted by Crippen LogP contribution is 2.21. The SMILES string of the molecule is CC(CNc1ccc(S(N)(=O)=O)cc1F)c1nccs1. The fourth-order valence-corrected chi connectivity index (χ4v) is 2.87. The number of nitrogens with two attached hydrogens (primary N) is 1. The van der Waals surface area contributed by atoms with Crippen molar-refractivity contribution in [2.45, 2.75) is 17.7 Å². The summed E-state index contributed by atoms with van der Waals surface area (Å²) in [6.45, 7) is 2.47. The van der Waals surface area contributed by atoms with E-state index in [-0.39, 0.29) is 16.5 Å². The van der Waals surface area contributed by atoms with E-state index in [1.165, 1.54) is 23.5 Å². The molecule has 0 saturated heterocycles. The molecular formula is C12H14FN3O2S2. The van der Waals surface area contributed by atoms with Gasteiger partial charge in [-0.2, -0.15) is 0 Å². The van der Waals surface area contributed by atoms with E-state index >= 15 is 0 Å². The highest BCUT2D eigenvalue weighted by molar-refractivity contribution is 7.89. The van der Waals surface area contributed by atoms with Crippen molar-refractivity contribution in [3.05, 3.63) is 40.6 Å². The van der Waals surface area contributed by atoms with Crippen molar-refractivity contribution in [3.63, 3.8) is 0 Å². The number of anilines is 1. The van der Waals surface area contributed by atoms with E-state index in [0.717, 1.165) is 11.1 Å². The Labute approximate surface area is 120 Å². The van der Waals surface area contributed by atoms with E-state index in [0.29, 0.717) is 6.54 Å². The number of benzene rings is 1. The van der Waals surface area contributed by atoms with Crippen LogP contribution in [0.2, 0.25) is 0 Å². The van der Waals surface area contributed by atoms with E-state index in [4.69, 9.17) is 5.14 Å². The van der Waals surface area contributed by atoms with Crippen molar-refractivity contribution in [1.82, 2.24) is 4.98 Å². The van der Waals surface area contributed by atoms with Gasteiger partial charge in [-0.25, -0.2) is 22.9 Å². The Morgan fingerprint density at radius 1 is 1.50 bits per heavy atom. The molecule has 20 heavy (non-hydrogen) atoms. The predicted molar refractivity (Wildman–Crippen MR) is 76.8 cm³/mol. The van der Waals surface area contributed by atoms with E-state index in [2.05, 4.69) is 10.3 Å². The van der Waals surface area contributed by atoms with Crippen LogP contribution in [0.3, 0.4) is 0 Å². The molecule has 0 aliphatic carbocycles. The van der Waals surface area contributed by atoms with Crippen molar-refractivity contribution < 1.29 is 12.8 Å². The first kappa shape index (κ1) is 14.9. The van der Waals surface area contributed by atoms with E-state index < -0.39 is 15.8 Å². The molecule has 0 bridgehead atoms. The lowest BCUT2D eigenvalue weighted by Crippen LogP contribution is -2.14. The molecule has 5 nitrogen and oxygen atoms in total. The maximum absolute atomic E-state index is 13.8. The van der Waals surface area contributed by atoms with Gasteiger partial charge in [0, 0.05) is 24.0 Å². The summed E-state index contributed by atoms with van der Waals surface area (Å²) in [7, 11) is -3.88. The molecule has 2 aromatic rings. The molecule has 0 saturated carbocycles. The van der Waals surface area contributed by atoms with Gasteiger partial charge >= 0.3 is 0 Å². The molecule has 3 N–H and O–H groups in total. The number of nitrogens with one attached hydrogen (secondary N) is 1. The summed E-state index contributed by atoms with van der Waals surface area (Å²) in [5.41, 5.74) is 0.237. The molecule has 0 spiro atoms. The Morgan fingerprint density at radius 3 is 2.80 bits per heavy atom. The second-order valence-corrected chi connectivity index (χ2v) is 6.83. The van der Waals surface area contributed by atoms with E-state index in [1.54, 1.807) is 6.20 Å². The lowest BCUT2D eigenvalue weighted by Gasteiger charge is -2.12. The number of hydrogen-bond donors (Lipinski definition) is 2. The molecule has 0 amide bonds. The molecule has 1 atom stereocenters. The Bertz CT molecular complexity index is 687. The maximum Gasteiger partial charge on any atom is 0.238 e. The summed E-state index contributed by atoms with van der Waals surface area (Å²) in [4.78, 5) is 3.94. The molecule has 0 fully saturated rings. The third-order valence-electron chi connectivity index (χ3n) is 2.74. The van der Waals surface area contributed by atoms with Crippen LogP contribution in [-0.4, -0.2) is 19.9 Å². The standard InChI is InChI=1S/C12H14FN3O2S2/c1-8(12-15-4-5-19-12)7-16-11-3-2-9(6-10(11)13)20(14,17)18/h2-6,8,16H,7H2,1H3,(H2,14,17,18). The number of primary sulfonamides is 1. The van der Waals surface area contributed by atoms with Gasteiger partial charge in [0.05, 0.1) is 15.6 Å². The van der Waals surface area contributed by atoms with Gasteiger partial charge in [-0.1, -0.05) is 6.92 Å². The number of nitrogens with zero attached hydrogens (tertiary/aromatic N) is 1. The summed E-state index contributed by atoms with van der Waals surface area (Å²) in [5.74, 6) is -0.518. The van der Waals surface area contributed by atoms with Gasteiger partial charge in [-0.05, 0) is 18.2 Å². The quantitative estimate of drug-likeness (QED) is 0.885. The first-order valence-electron chi connectivity index (χ1n) is 5.83. The summed E-state index contributed by atoms with van der Waals surface area (Å²) in [5, 5.41) is 10.7. The zero-order valence-corrected chi connectivity index (χ0v) is 12.3. The smallest absolute Gasteiger partial charge is 0.238 e. The molecule has 0 aliphatic heterocycles. The van der Waals surface area contributed by atoms with Crippen LogP contribution in [0, 0.1) is 5.82 Å². The Kier molecular flexibility index (Phi) is 4.36. The Morgan fingerprint density at radius 2 is 2.25 bits per heavy atom. The minimum Gasteiger partial charge on any atom is -0.382 e. The van der Waals surface area contributed by atoms with Crippen molar-refractivity contribution in [3.8, 4) is 0 Å². The fourth-order valence-electron chi connectivity index (χ4n) is 1.64.